The summed E-state index contributed by atoms with van der Waals surface area (Å²) in [6, 6.07) is 6.06. The lowest BCUT2D eigenvalue weighted by molar-refractivity contribution is -0.132. The number of rotatable bonds is 4. The predicted molar refractivity (Wildman–Crippen MR) is 64.0 cm³/mol. The van der Waals surface area contributed by atoms with Crippen molar-refractivity contribution in [1.29, 1.82) is 0 Å². The minimum absolute atomic E-state index is 0.104. The van der Waals surface area contributed by atoms with Crippen LogP contribution in [0.3, 0.4) is 0 Å². The van der Waals surface area contributed by atoms with Crippen LogP contribution in [0.5, 0.6) is 0 Å². The molecule has 17 heavy (non-hydrogen) atoms. The molecule has 0 aliphatic heterocycles. The summed E-state index contributed by atoms with van der Waals surface area (Å²) in [6.45, 7) is 1.45. The lowest BCUT2D eigenvalue weighted by Crippen LogP contribution is -2.18. The highest BCUT2D eigenvalue weighted by Gasteiger charge is 2.11. The number of hydrogen-bond acceptors (Lipinski definition) is 3. The van der Waals surface area contributed by atoms with Crippen LogP contribution in [0.4, 0.5) is 0 Å². The third-order valence-corrected chi connectivity index (χ3v) is 3.57. The molecule has 0 radical (unpaired) electrons. The first kappa shape index (κ1) is 13.4. The monoisotopic (exact) mass is 255 g/mol. The van der Waals surface area contributed by atoms with Crippen molar-refractivity contribution in [1.82, 2.24) is 4.72 Å². The Morgan fingerprint density at radius 1 is 1.41 bits per heavy atom. The zero-order valence-electron chi connectivity index (χ0n) is 9.47. The predicted octanol–water partition coefficient (Wildman–Crippen LogP) is 1.08. The molecule has 0 aliphatic rings. The maximum atomic E-state index is 11.5. The van der Waals surface area contributed by atoms with Crippen LogP contribution in [0.2, 0.25) is 0 Å². The molecule has 1 aromatic rings. The maximum Gasteiger partial charge on any atom is 0.331 e. The first-order valence-corrected chi connectivity index (χ1v) is 6.30. The van der Waals surface area contributed by atoms with Crippen LogP contribution in [0.1, 0.15) is 12.5 Å². The summed E-state index contributed by atoms with van der Waals surface area (Å²) >= 11 is 0. The van der Waals surface area contributed by atoms with E-state index in [1.54, 1.807) is 12.1 Å². The van der Waals surface area contributed by atoms with Crippen molar-refractivity contribution < 1.29 is 18.3 Å². The van der Waals surface area contributed by atoms with Crippen LogP contribution in [-0.4, -0.2) is 26.5 Å². The van der Waals surface area contributed by atoms with E-state index in [2.05, 4.69) is 4.72 Å². The van der Waals surface area contributed by atoms with E-state index in [4.69, 9.17) is 5.11 Å². The van der Waals surface area contributed by atoms with Crippen LogP contribution < -0.4 is 4.72 Å². The highest BCUT2D eigenvalue weighted by atomic mass is 32.2. The largest absolute Gasteiger partial charge is 0.478 e. The maximum absolute atomic E-state index is 11.5. The summed E-state index contributed by atoms with van der Waals surface area (Å²) in [5.41, 5.74) is 0.672. The second kappa shape index (κ2) is 5.11. The van der Waals surface area contributed by atoms with Gasteiger partial charge in [-0.15, -0.1) is 0 Å². The molecule has 6 heteroatoms. The summed E-state index contributed by atoms with van der Waals surface area (Å²) < 4.78 is 25.2. The average molecular weight is 255 g/mol. The first-order chi connectivity index (χ1) is 7.86. The number of carboxylic acid groups (broad SMARTS) is 1. The first-order valence-electron chi connectivity index (χ1n) is 4.82. The molecule has 0 aromatic heterocycles. The fourth-order valence-electron chi connectivity index (χ4n) is 1.20. The Labute approximate surface area is 99.8 Å². The van der Waals surface area contributed by atoms with Gasteiger partial charge < -0.3 is 5.11 Å². The number of carbonyl (C=O) groups is 1. The summed E-state index contributed by atoms with van der Waals surface area (Å²) in [5, 5.41) is 8.72. The minimum Gasteiger partial charge on any atom is -0.478 e. The van der Waals surface area contributed by atoms with Gasteiger partial charge in [-0.3, -0.25) is 0 Å². The van der Waals surface area contributed by atoms with Crippen molar-refractivity contribution in [2.24, 2.45) is 0 Å². The zero-order chi connectivity index (χ0) is 13.1. The Balaban J connectivity index is 3.20. The third kappa shape index (κ3) is 3.40. The van der Waals surface area contributed by atoms with E-state index in [9.17, 15) is 13.2 Å². The second-order valence-electron chi connectivity index (χ2n) is 3.41. The molecule has 0 aliphatic carbocycles. The van der Waals surface area contributed by atoms with Crippen molar-refractivity contribution in [3.8, 4) is 0 Å². The minimum atomic E-state index is -3.50. The highest BCUT2D eigenvalue weighted by Crippen LogP contribution is 2.13. The Hall–Kier alpha value is -1.66. The molecule has 1 rings (SSSR count). The number of hydrogen-bond donors (Lipinski definition) is 2. The molecule has 0 saturated carbocycles. The summed E-state index contributed by atoms with van der Waals surface area (Å²) in [4.78, 5) is 10.7. The molecule has 0 fully saturated rings. The van der Waals surface area contributed by atoms with Gasteiger partial charge in [0.25, 0.3) is 0 Å². The number of sulfonamides is 1. The number of aliphatic carboxylic acids is 1. The number of benzene rings is 1. The summed E-state index contributed by atoms with van der Waals surface area (Å²) in [6.07, 6.45) is 1.41. The lowest BCUT2D eigenvalue weighted by Gasteiger charge is -2.03. The van der Waals surface area contributed by atoms with Gasteiger partial charge in [0, 0.05) is 5.57 Å². The van der Waals surface area contributed by atoms with E-state index in [1.165, 1.54) is 32.2 Å². The van der Waals surface area contributed by atoms with Gasteiger partial charge in [0.2, 0.25) is 10.0 Å². The van der Waals surface area contributed by atoms with Crippen molar-refractivity contribution in [2.45, 2.75) is 11.8 Å². The molecule has 0 bridgehead atoms. The molecule has 0 spiro atoms. The fourth-order valence-corrected chi connectivity index (χ4v) is 1.99. The van der Waals surface area contributed by atoms with Gasteiger partial charge in [-0.25, -0.2) is 17.9 Å². The summed E-state index contributed by atoms with van der Waals surface area (Å²) in [7, 11) is -2.18. The molecule has 92 valence electrons. The van der Waals surface area contributed by atoms with Crippen LogP contribution in [-0.2, 0) is 14.8 Å². The van der Waals surface area contributed by atoms with E-state index in [-0.39, 0.29) is 10.5 Å². The van der Waals surface area contributed by atoms with Crippen molar-refractivity contribution in [2.75, 3.05) is 7.05 Å². The standard InChI is InChI=1S/C11H13NO4S/c1-8(11(13)14)6-9-4-3-5-10(7-9)17(15,16)12-2/h3-7,12H,1-2H3,(H,13,14). The molecular formula is C11H13NO4S. The molecule has 5 nitrogen and oxygen atoms in total. The van der Waals surface area contributed by atoms with Gasteiger partial charge in [0.15, 0.2) is 0 Å². The van der Waals surface area contributed by atoms with Gasteiger partial charge in [0.05, 0.1) is 4.90 Å². The molecule has 0 amide bonds. The quantitative estimate of drug-likeness (QED) is 0.789. The van der Waals surface area contributed by atoms with E-state index in [0.717, 1.165) is 0 Å². The average Bonchev–Trinajstić information content (AvgIpc) is 2.29. The highest BCUT2D eigenvalue weighted by molar-refractivity contribution is 7.89. The fraction of sp³-hybridized carbons (Fsp3) is 0.182. The molecule has 0 atom stereocenters. The smallest absolute Gasteiger partial charge is 0.331 e. The number of carboxylic acids is 1. The number of nitrogens with one attached hydrogen (secondary N) is 1. The second-order valence-corrected chi connectivity index (χ2v) is 5.30. The van der Waals surface area contributed by atoms with Crippen molar-refractivity contribution in [3.63, 3.8) is 0 Å². The van der Waals surface area contributed by atoms with E-state index < -0.39 is 16.0 Å². The Bertz CT molecular complexity index is 561. The molecule has 0 unspecified atom stereocenters. The summed E-state index contributed by atoms with van der Waals surface area (Å²) in [5.74, 6) is -1.04. The van der Waals surface area contributed by atoms with Crippen molar-refractivity contribution in [3.05, 3.63) is 35.4 Å². The van der Waals surface area contributed by atoms with Gasteiger partial charge in [-0.1, -0.05) is 12.1 Å². The van der Waals surface area contributed by atoms with Crippen LogP contribution in [0.25, 0.3) is 6.08 Å². The molecule has 2 N–H and O–H groups in total. The van der Waals surface area contributed by atoms with E-state index >= 15 is 0 Å². The van der Waals surface area contributed by atoms with Crippen molar-refractivity contribution >= 4 is 22.1 Å². The van der Waals surface area contributed by atoms with Crippen LogP contribution in [0, 0.1) is 0 Å². The van der Waals surface area contributed by atoms with Gasteiger partial charge >= 0.3 is 5.97 Å². The van der Waals surface area contributed by atoms with Gasteiger partial charge in [-0.2, -0.15) is 0 Å². The Morgan fingerprint density at radius 3 is 2.59 bits per heavy atom. The van der Waals surface area contributed by atoms with Gasteiger partial charge in [0.1, 0.15) is 0 Å². The molecule has 0 saturated heterocycles. The SMILES string of the molecule is CNS(=O)(=O)c1cccc(C=C(C)C(=O)O)c1. The topological polar surface area (TPSA) is 83.5 Å². The molecule has 0 heterocycles. The third-order valence-electron chi connectivity index (χ3n) is 2.16. The van der Waals surface area contributed by atoms with E-state index in [1.807, 2.05) is 0 Å². The normalized spacial score (nSPS) is 12.5. The van der Waals surface area contributed by atoms with Crippen LogP contribution in [0.15, 0.2) is 34.7 Å². The molecular weight excluding hydrogens is 242 g/mol. The van der Waals surface area contributed by atoms with E-state index in [0.29, 0.717) is 5.56 Å². The Kier molecular flexibility index (Phi) is 4.03. The lowest BCUT2D eigenvalue weighted by atomic mass is 10.1. The molecule has 1 aromatic carbocycles. The zero-order valence-corrected chi connectivity index (χ0v) is 10.3. The Morgan fingerprint density at radius 2 is 2.06 bits per heavy atom. The van der Waals surface area contributed by atoms with Gasteiger partial charge in [-0.05, 0) is 37.7 Å². The van der Waals surface area contributed by atoms with Crippen LogP contribution >= 0.6 is 0 Å².